The Morgan fingerprint density at radius 1 is 0.653 bits per heavy atom. The number of fused-ring (bicyclic) bond motifs is 10. The molecule has 4 bridgehead atoms. The molecular formula is C72H95F2N7O16S. The lowest BCUT2D eigenvalue weighted by Gasteiger charge is -2.35. The fourth-order valence-electron chi connectivity index (χ4n) is 14.9. The van der Waals surface area contributed by atoms with Crippen molar-refractivity contribution in [2.75, 3.05) is 27.3 Å². The van der Waals surface area contributed by atoms with Crippen LogP contribution in [0.25, 0.3) is 22.1 Å². The van der Waals surface area contributed by atoms with Gasteiger partial charge in [-0.1, -0.05) is 81.1 Å². The Morgan fingerprint density at radius 2 is 1.10 bits per heavy atom. The number of carbonyl (C=O) groups excluding carboxylic acids is 6. The summed E-state index contributed by atoms with van der Waals surface area (Å²) in [6, 6.07) is 8.50. The molecule has 6 fully saturated rings. The number of hydrogen-bond donors (Lipinski definition) is 2. The molecule has 2 aromatic carbocycles. The molecular weight excluding hydrogens is 1290 g/mol. The monoisotopic (exact) mass is 1380 g/mol. The van der Waals surface area contributed by atoms with Crippen molar-refractivity contribution in [1.82, 2.24) is 34.5 Å². The molecule has 4 aromatic rings. The first-order valence-corrected chi connectivity index (χ1v) is 36.3. The van der Waals surface area contributed by atoms with Gasteiger partial charge < -0.3 is 43.3 Å². The minimum Gasteiger partial charge on any atom is -0.497 e. The van der Waals surface area contributed by atoms with Gasteiger partial charge in [-0.3, -0.25) is 33.5 Å². The number of aromatic nitrogens is 4. The van der Waals surface area contributed by atoms with E-state index in [0.717, 1.165) is 75.4 Å². The Morgan fingerprint density at radius 3 is 1.51 bits per heavy atom. The highest BCUT2D eigenvalue weighted by Gasteiger charge is 2.67. The van der Waals surface area contributed by atoms with Gasteiger partial charge in [0.25, 0.3) is 0 Å². The quantitative estimate of drug-likeness (QED) is 0.139. The second-order valence-corrected chi connectivity index (χ2v) is 33.4. The van der Waals surface area contributed by atoms with Crippen LogP contribution in [-0.2, 0) is 65.9 Å². The first-order chi connectivity index (χ1) is 46.2. The normalized spacial score (nSPS) is 30.7. The fraction of sp³-hybridized carbons (Fsp3) is 0.681. The molecule has 2 aromatic heterocycles. The van der Waals surface area contributed by atoms with Crippen LogP contribution in [-0.4, -0.2) is 160 Å². The summed E-state index contributed by atoms with van der Waals surface area (Å²) in [5, 5.41) is 10.2. The average Bonchev–Trinajstić information content (AvgIpc) is 1.54. The van der Waals surface area contributed by atoms with Crippen LogP contribution in [0, 0.1) is 57.7 Å². The number of benzene rings is 2. The number of halogens is 2. The number of esters is 2. The summed E-state index contributed by atoms with van der Waals surface area (Å²) < 4.78 is 91.1. The van der Waals surface area contributed by atoms with Crippen molar-refractivity contribution >= 4 is 73.5 Å². The standard InChI is InChI=1S/C41H54F2N4O9S.C31H41N3O7/c1-22-32-21-47(34(22)30(48)20-41(19-26(41)35(42)43)38(51)46-57(52,53)40(5)14-15-40)37(50)25(39(2,3)4)18-33(49)55-31-16-23(31)10-8-7-9-11-28-36(56-32)45-29-17-24(54-6)12-13-27(29)44-28;1-17-25-16-34(27(17)30(37)38)29(36)20(31(2,3)4)15-26(35)40-24-13-18(24)9-7-6-8-10-22-28(41-25)33-23-14-19(39-5)11-12-21(23)32-22/h12-13,17,22-23,25-26,31-32,34-35H,7-11,14-16,18-21H2,1-6H3,(H,46,51);11-12,14,17-18,20,24-25,27H,6-10,13,15-16H2,1-5H3,(H,37,38)/t22-,23-,25-,26+,31-,32+,34+,41-;17-,18-,20-,24-,25+,27+/m11/s1. The minimum absolute atomic E-state index is 0.0700. The first kappa shape index (κ1) is 71.9. The predicted octanol–water partition coefficient (Wildman–Crippen LogP) is 9.98. The molecule has 0 unspecified atom stereocenters. The van der Waals surface area contributed by atoms with Crippen molar-refractivity contribution in [3.8, 4) is 23.3 Å². The van der Waals surface area contributed by atoms with Crippen molar-refractivity contribution in [2.45, 2.75) is 226 Å². The zero-order valence-electron chi connectivity index (χ0n) is 58.1. The Balaban J connectivity index is 0.000000209. The Labute approximate surface area is 571 Å². The van der Waals surface area contributed by atoms with Gasteiger partial charge in [-0.15, -0.1) is 0 Å². The number of nitrogens with zero attached hydrogens (tertiary/aromatic N) is 6. The summed E-state index contributed by atoms with van der Waals surface area (Å²) in [5.41, 5.74) is 0.500. The number of nitrogens with one attached hydrogen (secondary N) is 1. The van der Waals surface area contributed by atoms with E-state index in [1.54, 1.807) is 46.3 Å². The number of carbonyl (C=O) groups is 7. The summed E-state index contributed by atoms with van der Waals surface area (Å²) >= 11 is 0. The number of alkyl halides is 2. The van der Waals surface area contributed by atoms with Crippen molar-refractivity contribution in [3.63, 3.8) is 0 Å². The largest absolute Gasteiger partial charge is 0.497 e. The SMILES string of the molecule is COc1ccc2nc3c(nc2c1)O[C@H]1CN(C(=O)[C@H](C(C)(C)C)CC(=O)O[C@@H]2C[C@H]2CCCCC3)[C@H](C(=O)C[C@]2(C(=O)NS(=O)(=O)C3(C)CC3)C[C@H]2C(F)F)[C@@H]1C.COc1ccc2nc3c(nc2c1)O[C@H]1CN(C(=O)[C@H](C(C)(C)C)CC(=O)O[C@@H]2C[C@H]2CCCCC3)[C@H](C(=O)O)[C@@H]1C. The molecule has 534 valence electrons. The molecule has 2 saturated heterocycles. The van der Waals surface area contributed by atoms with Gasteiger partial charge in [0.1, 0.15) is 53.3 Å². The maximum Gasteiger partial charge on any atom is 0.326 e. The summed E-state index contributed by atoms with van der Waals surface area (Å²) in [7, 11) is -1.06. The predicted molar refractivity (Wildman–Crippen MR) is 354 cm³/mol. The number of Topliss-reactive ketones (excluding diaryl/α,β-unsaturated/α-hetero) is 1. The van der Waals surface area contributed by atoms with Gasteiger partial charge in [-0.05, 0) is 124 Å². The van der Waals surface area contributed by atoms with Crippen LogP contribution >= 0.6 is 0 Å². The van der Waals surface area contributed by atoms with E-state index in [4.69, 9.17) is 48.4 Å². The number of rotatable bonds is 10. The van der Waals surface area contributed by atoms with E-state index in [9.17, 15) is 55.9 Å². The van der Waals surface area contributed by atoms with E-state index in [2.05, 4.69) is 0 Å². The third kappa shape index (κ3) is 15.5. The summed E-state index contributed by atoms with van der Waals surface area (Å²) in [6.45, 7) is 16.1. The molecule has 4 aliphatic carbocycles. The Kier molecular flexibility index (Phi) is 20.5. The van der Waals surface area contributed by atoms with Gasteiger partial charge in [0.05, 0.1) is 90.3 Å². The highest BCUT2D eigenvalue weighted by atomic mass is 32.2. The number of hydrogen-bond acceptors (Lipinski definition) is 19. The van der Waals surface area contributed by atoms with E-state index in [1.165, 1.54) is 16.7 Å². The van der Waals surface area contributed by atoms with Gasteiger partial charge in [0.2, 0.25) is 45.9 Å². The summed E-state index contributed by atoms with van der Waals surface area (Å²) in [5.74, 6) is -6.75. The molecule has 26 heteroatoms. The lowest BCUT2D eigenvalue weighted by atomic mass is 9.77. The van der Waals surface area contributed by atoms with Crippen LogP contribution in [0.3, 0.4) is 0 Å². The van der Waals surface area contributed by atoms with Gasteiger partial charge >= 0.3 is 17.9 Å². The number of carboxylic acid groups (broad SMARTS) is 1. The van der Waals surface area contributed by atoms with Crippen LogP contribution in [0.15, 0.2) is 36.4 Å². The maximum atomic E-state index is 14.8. The number of aryl methyl sites for hydroxylation is 2. The number of methoxy groups -OCH3 is 2. The van der Waals surface area contributed by atoms with Crippen molar-refractivity contribution in [2.24, 2.45) is 57.7 Å². The molecule has 0 radical (unpaired) electrons. The molecule has 2 N–H and O–H groups in total. The number of ketones is 1. The fourth-order valence-corrected chi connectivity index (χ4v) is 16.2. The second-order valence-electron chi connectivity index (χ2n) is 31.2. The van der Waals surface area contributed by atoms with Crippen molar-refractivity contribution < 1.29 is 84.3 Å². The summed E-state index contributed by atoms with van der Waals surface area (Å²) in [4.78, 5) is 118. The molecule has 12 rings (SSSR count). The number of ether oxygens (including phenoxy) is 6. The van der Waals surface area contributed by atoms with Gasteiger partial charge in [-0.25, -0.2) is 41.9 Å². The molecule has 3 amide bonds. The van der Waals surface area contributed by atoms with Gasteiger partial charge in [0.15, 0.2) is 5.78 Å². The number of amides is 3. The van der Waals surface area contributed by atoms with Crippen LogP contribution in [0.2, 0.25) is 0 Å². The topological polar surface area (TPSA) is 299 Å². The van der Waals surface area contributed by atoms with Gasteiger partial charge in [0, 0.05) is 36.3 Å². The molecule has 6 heterocycles. The highest BCUT2D eigenvalue weighted by molar-refractivity contribution is 7.91. The zero-order valence-corrected chi connectivity index (χ0v) is 58.9. The van der Waals surface area contributed by atoms with Crippen LogP contribution < -0.4 is 23.7 Å². The molecule has 98 heavy (non-hydrogen) atoms. The van der Waals surface area contributed by atoms with Crippen LogP contribution in [0.5, 0.6) is 23.3 Å². The highest BCUT2D eigenvalue weighted by Crippen LogP contribution is 2.60. The second kappa shape index (κ2) is 28.0. The van der Waals surface area contributed by atoms with Crippen molar-refractivity contribution in [3.05, 3.63) is 47.8 Å². The average molecular weight is 1380 g/mol. The summed E-state index contributed by atoms with van der Waals surface area (Å²) in [6.07, 6.45) is 4.70. The molecule has 4 saturated carbocycles. The number of carboxylic acids is 1. The number of aliphatic carboxylic acids is 1. The third-order valence-corrected chi connectivity index (χ3v) is 24.1. The molecule has 14 atom stereocenters. The smallest absolute Gasteiger partial charge is 0.326 e. The van der Waals surface area contributed by atoms with E-state index in [-0.39, 0.29) is 62.3 Å². The molecule has 4 aliphatic heterocycles. The zero-order chi connectivity index (χ0) is 70.7. The third-order valence-electron chi connectivity index (χ3n) is 22.0. The van der Waals surface area contributed by atoms with E-state index < -0.39 is 133 Å². The maximum absolute atomic E-state index is 14.8. The van der Waals surface area contributed by atoms with Crippen LogP contribution in [0.4, 0.5) is 8.78 Å². The van der Waals surface area contributed by atoms with E-state index in [0.29, 0.717) is 71.2 Å². The van der Waals surface area contributed by atoms with Crippen LogP contribution in [0.1, 0.15) is 176 Å². The van der Waals surface area contributed by atoms with Crippen molar-refractivity contribution in [1.29, 1.82) is 0 Å². The molecule has 23 nitrogen and oxygen atoms in total. The Bertz CT molecular complexity index is 3860. The number of sulfonamides is 1. The first-order valence-electron chi connectivity index (χ1n) is 34.9. The van der Waals surface area contributed by atoms with E-state index in [1.807, 2.05) is 64.5 Å². The van der Waals surface area contributed by atoms with Gasteiger partial charge in [-0.2, -0.15) is 0 Å². The molecule has 8 aliphatic rings. The molecule has 0 spiro atoms. The van der Waals surface area contributed by atoms with E-state index >= 15 is 0 Å². The lowest BCUT2D eigenvalue weighted by Crippen LogP contribution is -2.50. The Hall–Kier alpha value is -7.38. The lowest BCUT2D eigenvalue weighted by molar-refractivity contribution is -0.157. The minimum atomic E-state index is -4.19.